The van der Waals surface area contributed by atoms with Gasteiger partial charge in [-0.25, -0.2) is 0 Å². The molecule has 0 spiro atoms. The van der Waals surface area contributed by atoms with Crippen LogP contribution in [0.15, 0.2) is 48.5 Å². The summed E-state index contributed by atoms with van der Waals surface area (Å²) in [6.07, 6.45) is 0. The van der Waals surface area contributed by atoms with Crippen molar-refractivity contribution in [1.29, 1.82) is 0 Å². The Balaban J connectivity index is 2.32. The molecule has 0 aromatic heterocycles. The van der Waals surface area contributed by atoms with Crippen LogP contribution in [0.5, 0.6) is 0 Å². The number of hydrogen-bond donors (Lipinski definition) is 0. The van der Waals surface area contributed by atoms with E-state index in [2.05, 4.69) is 48.5 Å². The Labute approximate surface area is 84.3 Å². The van der Waals surface area contributed by atoms with Crippen molar-refractivity contribution in [3.8, 4) is 11.1 Å². The minimum atomic E-state index is 0.251. The molecular weight excluding hydrogens is 219 g/mol. The molecule has 2 aromatic rings. The van der Waals surface area contributed by atoms with E-state index in [9.17, 15) is 0 Å². The Hall–Kier alpha value is -1.00. The molecule has 0 nitrogen and oxygen atoms in total. The van der Waals surface area contributed by atoms with E-state index in [0.29, 0.717) is 0 Å². The fourth-order valence-corrected chi connectivity index (χ4v) is 4.27. The molecule has 0 bridgehead atoms. The Morgan fingerprint density at radius 2 is 1.08 bits per heavy atom. The molecule has 0 aliphatic carbocycles. The van der Waals surface area contributed by atoms with Crippen LogP contribution >= 0.6 is 0 Å². The van der Waals surface area contributed by atoms with Crippen molar-refractivity contribution in [3.05, 3.63) is 48.5 Å². The standard InChI is InChI=1S/C12H8As/c1-3-7-11-9(5-1)10-6-2-4-8-12(10)13-11/h1-8H. The molecule has 1 heterocycles. The molecule has 1 heteroatoms. The molecule has 3 rings (SSSR count). The van der Waals surface area contributed by atoms with Gasteiger partial charge in [0.1, 0.15) is 0 Å². The quantitative estimate of drug-likeness (QED) is 0.508. The number of hydrogen-bond acceptors (Lipinski definition) is 0. The van der Waals surface area contributed by atoms with Gasteiger partial charge in [0.25, 0.3) is 0 Å². The normalized spacial score (nSPS) is 12.3. The van der Waals surface area contributed by atoms with E-state index in [4.69, 9.17) is 0 Å². The third-order valence-electron chi connectivity index (χ3n) is 2.34. The molecule has 13 heavy (non-hydrogen) atoms. The zero-order chi connectivity index (χ0) is 8.67. The van der Waals surface area contributed by atoms with Crippen LogP contribution in [0.3, 0.4) is 0 Å². The first-order chi connectivity index (χ1) is 6.45. The average molecular weight is 227 g/mol. The van der Waals surface area contributed by atoms with E-state index in [-0.39, 0.29) is 15.8 Å². The van der Waals surface area contributed by atoms with Crippen molar-refractivity contribution >= 4 is 24.5 Å². The fraction of sp³-hybridized carbons (Fsp3) is 0. The number of benzene rings is 2. The summed E-state index contributed by atoms with van der Waals surface area (Å²) in [7, 11) is 0. The van der Waals surface area contributed by atoms with Gasteiger partial charge in [-0.15, -0.1) is 0 Å². The summed E-state index contributed by atoms with van der Waals surface area (Å²) in [4.78, 5) is 0. The molecule has 1 radical (unpaired) electrons. The van der Waals surface area contributed by atoms with E-state index in [0.717, 1.165) is 0 Å². The van der Waals surface area contributed by atoms with Gasteiger partial charge in [-0.3, -0.25) is 0 Å². The zero-order valence-corrected chi connectivity index (χ0v) is 8.94. The predicted octanol–water partition coefficient (Wildman–Crippen LogP) is 1.32. The zero-order valence-electron chi connectivity index (χ0n) is 7.07. The molecule has 0 saturated heterocycles. The van der Waals surface area contributed by atoms with Crippen LogP contribution in [0.25, 0.3) is 11.1 Å². The van der Waals surface area contributed by atoms with Crippen LogP contribution in [0, 0.1) is 0 Å². The Morgan fingerprint density at radius 1 is 0.615 bits per heavy atom. The third kappa shape index (κ3) is 1.06. The van der Waals surface area contributed by atoms with Crippen LogP contribution < -0.4 is 8.70 Å². The van der Waals surface area contributed by atoms with Crippen molar-refractivity contribution in [2.24, 2.45) is 0 Å². The van der Waals surface area contributed by atoms with E-state index < -0.39 is 0 Å². The first-order valence-corrected chi connectivity index (χ1v) is 6.23. The number of fused-ring (bicyclic) bond motifs is 3. The summed E-state index contributed by atoms with van der Waals surface area (Å²) in [5, 5.41) is 0. The Kier molecular flexibility index (Phi) is 1.57. The van der Waals surface area contributed by atoms with Gasteiger partial charge < -0.3 is 0 Å². The van der Waals surface area contributed by atoms with Crippen molar-refractivity contribution in [1.82, 2.24) is 0 Å². The summed E-state index contributed by atoms with van der Waals surface area (Å²) in [6, 6.07) is 17.5. The van der Waals surface area contributed by atoms with Gasteiger partial charge in [-0.2, -0.15) is 0 Å². The second kappa shape index (κ2) is 2.75. The summed E-state index contributed by atoms with van der Waals surface area (Å²) >= 11 is 0.251. The van der Waals surface area contributed by atoms with Crippen molar-refractivity contribution in [2.45, 2.75) is 0 Å². The first-order valence-electron chi connectivity index (χ1n) is 4.35. The monoisotopic (exact) mass is 227 g/mol. The third-order valence-corrected chi connectivity index (χ3v) is 4.99. The minimum absolute atomic E-state index is 0.251. The topological polar surface area (TPSA) is 0 Å². The van der Waals surface area contributed by atoms with Crippen molar-refractivity contribution in [2.75, 3.05) is 0 Å². The molecule has 0 N–H and O–H groups in total. The summed E-state index contributed by atoms with van der Waals surface area (Å²) in [5.74, 6) is 0. The molecule has 0 unspecified atom stereocenters. The molecular formula is C12H8As. The van der Waals surface area contributed by atoms with Gasteiger partial charge in [0.15, 0.2) is 0 Å². The Bertz CT molecular complexity index is 417. The van der Waals surface area contributed by atoms with E-state index >= 15 is 0 Å². The summed E-state index contributed by atoms with van der Waals surface area (Å²) < 4.78 is 3.11. The summed E-state index contributed by atoms with van der Waals surface area (Å²) in [5.41, 5.74) is 2.91. The van der Waals surface area contributed by atoms with Gasteiger partial charge in [-0.1, -0.05) is 0 Å². The van der Waals surface area contributed by atoms with Gasteiger partial charge in [0.2, 0.25) is 0 Å². The average Bonchev–Trinajstić information content (AvgIpc) is 2.56. The second-order valence-corrected chi connectivity index (χ2v) is 5.64. The van der Waals surface area contributed by atoms with Crippen LogP contribution in [0.4, 0.5) is 0 Å². The first kappa shape index (κ1) is 7.41. The number of rotatable bonds is 0. The molecule has 1 aliphatic heterocycles. The van der Waals surface area contributed by atoms with Gasteiger partial charge in [-0.05, 0) is 0 Å². The Morgan fingerprint density at radius 3 is 1.62 bits per heavy atom. The second-order valence-electron chi connectivity index (χ2n) is 3.15. The molecule has 0 amide bonds. The maximum atomic E-state index is 2.26. The molecule has 1 aliphatic rings. The van der Waals surface area contributed by atoms with Crippen molar-refractivity contribution in [3.63, 3.8) is 0 Å². The van der Waals surface area contributed by atoms with Gasteiger partial charge in [0, 0.05) is 0 Å². The van der Waals surface area contributed by atoms with Gasteiger partial charge in [0.05, 0.1) is 0 Å². The SMILES string of the molecule is c1ccc2c(c1)[As]c1ccccc1-2. The van der Waals surface area contributed by atoms with Crippen LogP contribution in [0.1, 0.15) is 0 Å². The molecule has 0 saturated carbocycles. The van der Waals surface area contributed by atoms with E-state index in [1.165, 1.54) is 11.1 Å². The van der Waals surface area contributed by atoms with Crippen LogP contribution in [0.2, 0.25) is 0 Å². The summed E-state index contributed by atoms with van der Waals surface area (Å²) in [6.45, 7) is 0. The van der Waals surface area contributed by atoms with E-state index in [1.54, 1.807) is 8.70 Å². The molecule has 0 fully saturated rings. The predicted molar refractivity (Wildman–Crippen MR) is 56.9 cm³/mol. The van der Waals surface area contributed by atoms with Gasteiger partial charge >= 0.3 is 84.1 Å². The van der Waals surface area contributed by atoms with Crippen LogP contribution in [-0.2, 0) is 0 Å². The fourth-order valence-electron chi connectivity index (χ4n) is 1.73. The van der Waals surface area contributed by atoms with Crippen LogP contribution in [-0.4, -0.2) is 15.8 Å². The molecule has 2 aromatic carbocycles. The molecule has 61 valence electrons. The molecule has 0 atom stereocenters. The van der Waals surface area contributed by atoms with E-state index in [1.807, 2.05) is 0 Å². The van der Waals surface area contributed by atoms with Crippen molar-refractivity contribution < 1.29 is 0 Å². The maximum absolute atomic E-state index is 2.26.